The molecule has 3 aromatic rings. The molecule has 0 bridgehead atoms. The summed E-state index contributed by atoms with van der Waals surface area (Å²) >= 11 is 0. The number of hydrogen-bond acceptors (Lipinski definition) is 4. The quantitative estimate of drug-likeness (QED) is 0.727. The Bertz CT molecular complexity index is 934. The summed E-state index contributed by atoms with van der Waals surface area (Å²) in [5, 5.41) is 0.314. The van der Waals surface area contributed by atoms with Gasteiger partial charge in [-0.2, -0.15) is 0 Å². The molecule has 1 aromatic heterocycles. The molecule has 6 heteroatoms. The van der Waals surface area contributed by atoms with Gasteiger partial charge in [-0.05, 0) is 31.2 Å². The third kappa shape index (κ3) is 2.35. The number of halogens is 1. The van der Waals surface area contributed by atoms with Crippen molar-refractivity contribution >= 4 is 16.9 Å². The third-order valence-electron chi connectivity index (χ3n) is 3.16. The first-order chi connectivity index (χ1) is 10.6. The van der Waals surface area contributed by atoms with Gasteiger partial charge < -0.3 is 4.84 Å². The van der Waals surface area contributed by atoms with Crippen molar-refractivity contribution in [1.29, 1.82) is 0 Å². The van der Waals surface area contributed by atoms with Gasteiger partial charge in [0.1, 0.15) is 11.6 Å². The van der Waals surface area contributed by atoms with E-state index in [0.29, 0.717) is 10.9 Å². The number of nitrogens with zero attached hydrogens (tertiary/aromatic N) is 2. The zero-order valence-electron chi connectivity index (χ0n) is 11.6. The van der Waals surface area contributed by atoms with Crippen LogP contribution in [-0.4, -0.2) is 15.7 Å². The first-order valence-corrected chi connectivity index (χ1v) is 6.53. The zero-order chi connectivity index (χ0) is 15.7. The summed E-state index contributed by atoms with van der Waals surface area (Å²) in [5.41, 5.74) is -0.266. The predicted molar refractivity (Wildman–Crippen MR) is 78.1 cm³/mol. The number of hydrogen-bond donors (Lipinski definition) is 0. The molecule has 110 valence electrons. The summed E-state index contributed by atoms with van der Waals surface area (Å²) in [6.45, 7) is 1.53. The number of benzene rings is 2. The fraction of sp³-hybridized carbons (Fsp3) is 0.0625. The van der Waals surface area contributed by atoms with Crippen molar-refractivity contribution in [3.8, 4) is 0 Å². The number of aromatic nitrogens is 2. The van der Waals surface area contributed by atoms with E-state index in [0.717, 1.165) is 10.8 Å². The normalized spacial score (nSPS) is 10.6. The van der Waals surface area contributed by atoms with E-state index in [9.17, 15) is 14.0 Å². The van der Waals surface area contributed by atoms with Crippen LogP contribution in [0.25, 0.3) is 10.9 Å². The number of carbonyl (C=O) groups excluding carboxylic acids is 1. The van der Waals surface area contributed by atoms with Crippen LogP contribution in [0.1, 0.15) is 16.2 Å². The Hall–Kier alpha value is -3.02. The summed E-state index contributed by atoms with van der Waals surface area (Å²) in [6, 6.07) is 12.1. The minimum absolute atomic E-state index is 0.202. The van der Waals surface area contributed by atoms with Crippen molar-refractivity contribution in [2.45, 2.75) is 6.92 Å². The van der Waals surface area contributed by atoms with Gasteiger partial charge in [0.15, 0.2) is 0 Å². The Balaban J connectivity index is 2.06. The Labute approximate surface area is 124 Å². The summed E-state index contributed by atoms with van der Waals surface area (Å²) in [6.07, 6.45) is 0. The lowest BCUT2D eigenvalue weighted by Gasteiger charge is -2.10. The molecule has 3 rings (SSSR count). The molecule has 2 aromatic carbocycles. The zero-order valence-corrected chi connectivity index (χ0v) is 11.6. The van der Waals surface area contributed by atoms with Crippen molar-refractivity contribution in [3.63, 3.8) is 0 Å². The molecule has 0 atom stereocenters. The van der Waals surface area contributed by atoms with Crippen molar-refractivity contribution in [1.82, 2.24) is 9.71 Å². The van der Waals surface area contributed by atoms with Crippen molar-refractivity contribution < 1.29 is 14.0 Å². The first kappa shape index (κ1) is 13.9. The lowest BCUT2D eigenvalue weighted by atomic mass is 10.2. The Kier molecular flexibility index (Phi) is 3.42. The van der Waals surface area contributed by atoms with Crippen LogP contribution in [0.4, 0.5) is 4.39 Å². The summed E-state index contributed by atoms with van der Waals surface area (Å²) in [7, 11) is 0. The van der Waals surface area contributed by atoms with Crippen LogP contribution in [0.15, 0.2) is 53.3 Å². The number of fused-ring (bicyclic) bond motifs is 1. The van der Waals surface area contributed by atoms with E-state index < -0.39 is 17.3 Å². The highest BCUT2D eigenvalue weighted by molar-refractivity contribution is 5.90. The highest BCUT2D eigenvalue weighted by atomic mass is 19.1. The van der Waals surface area contributed by atoms with Crippen LogP contribution in [-0.2, 0) is 0 Å². The van der Waals surface area contributed by atoms with Crippen LogP contribution >= 0.6 is 0 Å². The van der Waals surface area contributed by atoms with Crippen LogP contribution in [0.3, 0.4) is 0 Å². The molecule has 22 heavy (non-hydrogen) atoms. The Morgan fingerprint density at radius 3 is 2.59 bits per heavy atom. The maximum absolute atomic E-state index is 13.6. The second kappa shape index (κ2) is 5.40. The second-order valence-corrected chi connectivity index (χ2v) is 4.63. The minimum Gasteiger partial charge on any atom is -0.326 e. The topological polar surface area (TPSA) is 61.2 Å². The summed E-state index contributed by atoms with van der Waals surface area (Å²) in [5.74, 6) is -1.47. The summed E-state index contributed by atoms with van der Waals surface area (Å²) < 4.78 is 14.4. The van der Waals surface area contributed by atoms with Crippen LogP contribution < -0.4 is 10.4 Å². The van der Waals surface area contributed by atoms with E-state index in [1.54, 1.807) is 24.3 Å². The molecule has 0 aliphatic carbocycles. The Morgan fingerprint density at radius 1 is 1.14 bits per heavy atom. The van der Waals surface area contributed by atoms with Gasteiger partial charge >= 0.3 is 5.97 Å². The van der Waals surface area contributed by atoms with Crippen LogP contribution in [0.5, 0.6) is 0 Å². The number of carbonyl (C=O) groups is 1. The van der Waals surface area contributed by atoms with Gasteiger partial charge in [-0.1, -0.05) is 24.3 Å². The van der Waals surface area contributed by atoms with Gasteiger partial charge in [-0.3, -0.25) is 4.79 Å². The average molecular weight is 298 g/mol. The second-order valence-electron chi connectivity index (χ2n) is 4.63. The summed E-state index contributed by atoms with van der Waals surface area (Å²) in [4.78, 5) is 33.6. The third-order valence-corrected chi connectivity index (χ3v) is 3.16. The van der Waals surface area contributed by atoms with Crippen LogP contribution in [0, 0.1) is 12.7 Å². The first-order valence-electron chi connectivity index (χ1n) is 6.53. The van der Waals surface area contributed by atoms with Gasteiger partial charge in [0, 0.05) is 0 Å². The molecule has 0 saturated heterocycles. The van der Waals surface area contributed by atoms with Gasteiger partial charge in [0.25, 0.3) is 5.56 Å². The van der Waals surface area contributed by atoms with Crippen molar-refractivity contribution in [3.05, 3.63) is 76.1 Å². The fourth-order valence-corrected chi connectivity index (χ4v) is 2.09. The molecular formula is C16H11FN2O3. The standard InChI is InChI=1S/C16H11FN2O3/c1-10-18-14-9-5-3-7-12(14)15(20)19(10)22-16(21)11-6-2-4-8-13(11)17/h2-9H,1H3. The average Bonchev–Trinajstić information content (AvgIpc) is 2.51. The van der Waals surface area contributed by atoms with E-state index in [4.69, 9.17) is 4.84 Å². The molecule has 0 spiro atoms. The number of aryl methyl sites for hydroxylation is 1. The Morgan fingerprint density at radius 2 is 1.82 bits per heavy atom. The number of rotatable bonds is 2. The SMILES string of the molecule is Cc1nc2ccccc2c(=O)n1OC(=O)c1ccccc1F. The lowest BCUT2D eigenvalue weighted by Crippen LogP contribution is -2.33. The van der Waals surface area contributed by atoms with E-state index in [1.165, 1.54) is 25.1 Å². The highest BCUT2D eigenvalue weighted by Gasteiger charge is 2.17. The molecule has 0 amide bonds. The maximum atomic E-state index is 13.6. The molecule has 5 nitrogen and oxygen atoms in total. The monoisotopic (exact) mass is 298 g/mol. The maximum Gasteiger partial charge on any atom is 0.366 e. The lowest BCUT2D eigenvalue weighted by molar-refractivity contribution is 0.0423. The van der Waals surface area contributed by atoms with Crippen LogP contribution in [0.2, 0.25) is 0 Å². The molecule has 0 saturated carbocycles. The van der Waals surface area contributed by atoms with E-state index in [-0.39, 0.29) is 11.4 Å². The van der Waals surface area contributed by atoms with E-state index in [1.807, 2.05) is 0 Å². The van der Waals surface area contributed by atoms with E-state index >= 15 is 0 Å². The molecule has 0 aliphatic heterocycles. The highest BCUT2D eigenvalue weighted by Crippen LogP contribution is 2.09. The van der Waals surface area contributed by atoms with Crippen molar-refractivity contribution in [2.75, 3.05) is 0 Å². The van der Waals surface area contributed by atoms with Gasteiger partial charge in [0.05, 0.1) is 16.5 Å². The van der Waals surface area contributed by atoms with Gasteiger partial charge in [-0.15, -0.1) is 4.73 Å². The van der Waals surface area contributed by atoms with Gasteiger partial charge in [0.2, 0.25) is 0 Å². The molecule has 0 N–H and O–H groups in total. The fourth-order valence-electron chi connectivity index (χ4n) is 2.09. The molecular weight excluding hydrogens is 287 g/mol. The number of para-hydroxylation sites is 1. The largest absolute Gasteiger partial charge is 0.366 e. The molecule has 0 fully saturated rings. The molecule has 1 heterocycles. The van der Waals surface area contributed by atoms with Crippen molar-refractivity contribution in [2.24, 2.45) is 0 Å². The molecule has 0 radical (unpaired) electrons. The van der Waals surface area contributed by atoms with E-state index in [2.05, 4.69) is 4.98 Å². The minimum atomic E-state index is -0.958. The molecule has 0 aliphatic rings. The predicted octanol–water partition coefficient (Wildman–Crippen LogP) is 2.11. The smallest absolute Gasteiger partial charge is 0.326 e. The van der Waals surface area contributed by atoms with Gasteiger partial charge in [-0.25, -0.2) is 14.2 Å². The molecule has 0 unspecified atom stereocenters.